The van der Waals surface area contributed by atoms with Gasteiger partial charge in [0.2, 0.25) is 0 Å². The summed E-state index contributed by atoms with van der Waals surface area (Å²) >= 11 is 0. The summed E-state index contributed by atoms with van der Waals surface area (Å²) in [6.45, 7) is -3.01. The molecule has 0 aliphatic carbocycles. The molecular weight excluding hydrogens is 448 g/mol. The minimum atomic E-state index is -3.01. The highest BCUT2D eigenvalue weighted by molar-refractivity contribution is 6.19. The van der Waals surface area contributed by atoms with E-state index in [0.717, 1.165) is 16.3 Å². The van der Waals surface area contributed by atoms with E-state index in [9.17, 15) is 0 Å². The Kier molecular flexibility index (Phi) is 3.21. The fourth-order valence-electron chi connectivity index (χ4n) is 5.28. The third-order valence-electron chi connectivity index (χ3n) is 6.76. The lowest BCUT2D eigenvalue weighted by Crippen LogP contribution is -2.03. The fraction of sp³-hybridized carbons (Fsp3) is 0.0571. The van der Waals surface area contributed by atoms with Crippen molar-refractivity contribution < 1.29 is 13.7 Å². The minimum Gasteiger partial charge on any atom is -0.295 e. The van der Waals surface area contributed by atoms with Crippen molar-refractivity contribution in [3.63, 3.8) is 0 Å². The summed E-state index contributed by atoms with van der Waals surface area (Å²) in [5, 5.41) is 2.84. The van der Waals surface area contributed by atoms with E-state index < -0.39 is 31.4 Å². The first kappa shape index (κ1) is 13.6. The second kappa shape index (κ2) is 8.76. The van der Waals surface area contributed by atoms with Crippen molar-refractivity contribution >= 4 is 32.6 Å². The number of rotatable bonds is 4. The number of para-hydroxylation sites is 2. The molecule has 1 aromatic heterocycles. The van der Waals surface area contributed by atoms with Crippen LogP contribution in [0.25, 0.3) is 60.5 Å². The van der Waals surface area contributed by atoms with Crippen molar-refractivity contribution in [2.45, 2.75) is 13.2 Å². The van der Waals surface area contributed by atoms with Crippen LogP contribution in [0.3, 0.4) is 0 Å². The number of aromatic nitrogens is 2. The van der Waals surface area contributed by atoms with Gasteiger partial charge in [-0.05, 0) is 45.2 Å². The van der Waals surface area contributed by atoms with Crippen molar-refractivity contribution in [2.24, 2.45) is 0 Å². The molecule has 0 unspecified atom stereocenters. The monoisotopic (exact) mass is 484 g/mol. The zero-order valence-electron chi connectivity index (χ0n) is 29.6. The molecule has 0 N–H and O–H groups in total. The SMILES string of the molecule is [2H]c1c([2H])c([2H])c(-c2ccccc2-c2c3ccccc3c(-n3c(C([2H])([2H])C([2H])([2H])[2H])nc4ccccc43)c3ccccc23)c([2H])c1[2H]. The molecule has 0 aliphatic rings. The average Bonchev–Trinajstić information content (AvgIpc) is 3.45. The molecule has 1 heterocycles. The number of benzene rings is 6. The van der Waals surface area contributed by atoms with Gasteiger partial charge >= 0.3 is 0 Å². The largest absolute Gasteiger partial charge is 0.295 e. The molecule has 0 bridgehead atoms. The zero-order valence-corrected chi connectivity index (χ0v) is 19.6. The van der Waals surface area contributed by atoms with Crippen molar-refractivity contribution in [2.75, 3.05) is 0 Å². The summed E-state index contributed by atoms with van der Waals surface area (Å²) < 4.78 is 85.7. The van der Waals surface area contributed by atoms with E-state index in [0.29, 0.717) is 38.6 Å². The average molecular weight is 485 g/mol. The Morgan fingerprint density at radius 3 is 2.00 bits per heavy atom. The van der Waals surface area contributed by atoms with E-state index in [1.165, 1.54) is 0 Å². The Morgan fingerprint density at radius 1 is 0.703 bits per heavy atom. The normalized spacial score (nSPS) is 16.1. The van der Waals surface area contributed by atoms with Crippen LogP contribution in [0.1, 0.15) is 26.4 Å². The molecule has 176 valence electrons. The van der Waals surface area contributed by atoms with Gasteiger partial charge in [-0.1, -0.05) is 122 Å². The number of aryl methyl sites for hydroxylation is 1. The number of nitrogens with zero attached hydrogens (tertiary/aromatic N) is 2. The van der Waals surface area contributed by atoms with Crippen LogP contribution in [0.2, 0.25) is 0 Å². The predicted molar refractivity (Wildman–Crippen MR) is 156 cm³/mol. The molecule has 37 heavy (non-hydrogen) atoms. The van der Waals surface area contributed by atoms with E-state index in [2.05, 4.69) is 4.98 Å². The maximum absolute atomic E-state index is 8.79. The molecule has 0 atom stereocenters. The summed E-state index contributed by atoms with van der Waals surface area (Å²) in [5.74, 6) is -0.249. The van der Waals surface area contributed by atoms with Crippen molar-refractivity contribution in [3.8, 4) is 27.9 Å². The lowest BCUT2D eigenvalue weighted by atomic mass is 9.87. The molecule has 0 saturated heterocycles. The van der Waals surface area contributed by atoms with Gasteiger partial charge in [0.05, 0.1) is 23.6 Å². The third kappa shape index (κ3) is 3.37. The van der Waals surface area contributed by atoms with E-state index in [1.807, 2.05) is 60.7 Å². The Balaban J connectivity index is 1.66. The molecule has 0 amide bonds. The van der Waals surface area contributed by atoms with Crippen molar-refractivity contribution in [1.29, 1.82) is 0 Å². The second-order valence-electron chi connectivity index (χ2n) is 8.74. The van der Waals surface area contributed by atoms with Crippen molar-refractivity contribution in [3.05, 3.63) is 133 Å². The highest BCUT2D eigenvalue weighted by Crippen LogP contribution is 2.44. The molecule has 7 aromatic rings. The van der Waals surface area contributed by atoms with Crippen LogP contribution in [-0.2, 0) is 6.37 Å². The smallest absolute Gasteiger partial charge is 0.114 e. The number of hydrogen-bond acceptors (Lipinski definition) is 1. The predicted octanol–water partition coefficient (Wildman–Crippen LogP) is 9.23. The standard InChI is InChI=1S/C35H26N2/c1-2-33-36-31-22-12-13-23-32(31)37(33)35-29-20-10-8-18-27(29)34(28-19-9-11-21-30(28)35)26-17-7-6-16-25(26)24-14-4-3-5-15-24/h3-23H,2H2,1H3/i1D3,2D2,3D,4D,5D,14D,15D. The number of hydrogen-bond donors (Lipinski definition) is 0. The number of fused-ring (bicyclic) bond motifs is 3. The lowest BCUT2D eigenvalue weighted by Gasteiger charge is -2.21. The van der Waals surface area contributed by atoms with Gasteiger partial charge in [0.25, 0.3) is 0 Å². The van der Waals surface area contributed by atoms with Crippen LogP contribution in [0.4, 0.5) is 0 Å². The van der Waals surface area contributed by atoms with Crippen LogP contribution in [-0.4, -0.2) is 9.55 Å². The summed E-state index contributed by atoms with van der Waals surface area (Å²) in [5.41, 5.74) is 3.46. The van der Waals surface area contributed by atoms with E-state index >= 15 is 0 Å². The van der Waals surface area contributed by atoms with Crippen LogP contribution in [0.15, 0.2) is 127 Å². The molecule has 6 aromatic carbocycles. The molecule has 0 saturated carbocycles. The van der Waals surface area contributed by atoms with Gasteiger partial charge in [-0.3, -0.25) is 4.57 Å². The molecule has 2 nitrogen and oxygen atoms in total. The van der Waals surface area contributed by atoms with Crippen LogP contribution < -0.4 is 0 Å². The minimum absolute atomic E-state index is 0.0811. The number of imidazole rings is 1. The Hall–Kier alpha value is -4.69. The second-order valence-corrected chi connectivity index (χ2v) is 8.74. The Bertz CT molecular complexity index is 2310. The van der Waals surface area contributed by atoms with Gasteiger partial charge in [0, 0.05) is 24.0 Å². The molecule has 0 aliphatic heterocycles. The van der Waals surface area contributed by atoms with Gasteiger partial charge < -0.3 is 0 Å². The quantitative estimate of drug-likeness (QED) is 0.228. The third-order valence-corrected chi connectivity index (χ3v) is 6.76. The van der Waals surface area contributed by atoms with Crippen molar-refractivity contribution in [1.82, 2.24) is 9.55 Å². The molecule has 0 radical (unpaired) electrons. The lowest BCUT2D eigenvalue weighted by molar-refractivity contribution is 0.917. The Morgan fingerprint density at radius 2 is 1.30 bits per heavy atom. The summed E-state index contributed by atoms with van der Waals surface area (Å²) in [6.07, 6.45) is -2.81. The summed E-state index contributed by atoms with van der Waals surface area (Å²) in [7, 11) is 0. The van der Waals surface area contributed by atoms with E-state index in [4.69, 9.17) is 13.7 Å². The molecule has 2 heteroatoms. The Labute approximate surface area is 230 Å². The maximum atomic E-state index is 8.79. The van der Waals surface area contributed by atoms with Gasteiger partial charge in [-0.15, -0.1) is 0 Å². The van der Waals surface area contributed by atoms with Crippen LogP contribution in [0.5, 0.6) is 0 Å². The first-order valence-corrected chi connectivity index (χ1v) is 11.9. The maximum Gasteiger partial charge on any atom is 0.114 e. The fourth-order valence-corrected chi connectivity index (χ4v) is 5.28. The van der Waals surface area contributed by atoms with Gasteiger partial charge in [0.1, 0.15) is 5.82 Å². The van der Waals surface area contributed by atoms with Crippen LogP contribution >= 0.6 is 0 Å². The highest BCUT2D eigenvalue weighted by atomic mass is 15.1. The topological polar surface area (TPSA) is 17.8 Å². The summed E-state index contributed by atoms with van der Waals surface area (Å²) in [6, 6.07) is 27.4. The molecular formula is C35H26N2. The van der Waals surface area contributed by atoms with E-state index in [-0.39, 0.29) is 23.5 Å². The first-order chi connectivity index (χ1) is 22.3. The molecule has 0 fully saturated rings. The van der Waals surface area contributed by atoms with Gasteiger partial charge in [-0.2, -0.15) is 0 Å². The van der Waals surface area contributed by atoms with Gasteiger partial charge in [0.15, 0.2) is 0 Å². The first-order valence-electron chi connectivity index (χ1n) is 16.9. The summed E-state index contributed by atoms with van der Waals surface area (Å²) in [4.78, 5) is 4.55. The van der Waals surface area contributed by atoms with Crippen LogP contribution in [0, 0.1) is 0 Å². The molecule has 0 spiro atoms. The molecule has 7 rings (SSSR count). The highest BCUT2D eigenvalue weighted by Gasteiger charge is 2.21. The van der Waals surface area contributed by atoms with Gasteiger partial charge in [-0.25, -0.2) is 4.98 Å². The van der Waals surface area contributed by atoms with E-state index in [1.54, 1.807) is 41.0 Å². The zero-order chi connectivity index (χ0) is 33.4.